The van der Waals surface area contributed by atoms with Crippen molar-refractivity contribution in [2.75, 3.05) is 12.4 Å². The van der Waals surface area contributed by atoms with E-state index in [2.05, 4.69) is 10.3 Å². The zero-order valence-electron chi connectivity index (χ0n) is 12.3. The molecule has 0 unspecified atom stereocenters. The minimum atomic E-state index is -0.383. The van der Waals surface area contributed by atoms with E-state index in [1.54, 1.807) is 12.1 Å². The number of methoxy groups -OCH3 is 1. The second-order valence-electron chi connectivity index (χ2n) is 5.08. The second-order valence-corrected chi connectivity index (χ2v) is 5.89. The minimum Gasteiger partial charge on any atom is -0.464 e. The van der Waals surface area contributed by atoms with Crippen molar-refractivity contribution < 1.29 is 9.53 Å². The van der Waals surface area contributed by atoms with Crippen LogP contribution in [-0.4, -0.2) is 18.1 Å². The lowest BCUT2D eigenvalue weighted by atomic mass is 10.2. The Morgan fingerprint density at radius 2 is 1.96 bits per heavy atom. The fraction of sp³-hybridized carbons (Fsp3) is 0.118. The molecule has 0 aliphatic carbocycles. The van der Waals surface area contributed by atoms with Gasteiger partial charge in [0.2, 0.25) is 0 Å². The number of H-pyrrole nitrogens is 1. The number of fused-ring (bicyclic) bond motifs is 1. The van der Waals surface area contributed by atoms with Gasteiger partial charge in [-0.15, -0.1) is 0 Å². The van der Waals surface area contributed by atoms with Crippen LogP contribution in [0, 0.1) is 0 Å². The molecule has 2 N–H and O–H groups in total. The molecule has 0 spiro atoms. The predicted octanol–water partition coefficient (Wildman–Crippen LogP) is 4.87. The van der Waals surface area contributed by atoms with Gasteiger partial charge in [-0.25, -0.2) is 4.79 Å². The number of hydrogen-bond donors (Lipinski definition) is 2. The van der Waals surface area contributed by atoms with E-state index in [0.717, 1.165) is 22.2 Å². The molecule has 0 saturated carbocycles. The summed E-state index contributed by atoms with van der Waals surface area (Å²) in [6.07, 6.45) is 0. The number of aromatic nitrogens is 1. The maximum Gasteiger partial charge on any atom is 0.354 e. The summed E-state index contributed by atoms with van der Waals surface area (Å²) in [6.45, 7) is 0.622. The molecule has 23 heavy (non-hydrogen) atoms. The summed E-state index contributed by atoms with van der Waals surface area (Å²) in [5, 5.41) is 5.33. The smallest absolute Gasteiger partial charge is 0.354 e. The highest BCUT2D eigenvalue weighted by atomic mass is 35.5. The van der Waals surface area contributed by atoms with Gasteiger partial charge >= 0.3 is 5.97 Å². The largest absolute Gasteiger partial charge is 0.464 e. The second kappa shape index (κ2) is 6.52. The van der Waals surface area contributed by atoms with E-state index in [1.807, 2.05) is 30.3 Å². The van der Waals surface area contributed by atoms with Gasteiger partial charge in [0.15, 0.2) is 0 Å². The lowest BCUT2D eigenvalue weighted by Crippen LogP contribution is -2.00. The van der Waals surface area contributed by atoms with Gasteiger partial charge in [-0.05, 0) is 42.0 Å². The Labute approximate surface area is 143 Å². The van der Waals surface area contributed by atoms with Crippen molar-refractivity contribution in [1.82, 2.24) is 4.98 Å². The molecule has 0 aliphatic rings. The number of nitrogens with one attached hydrogen (secondary N) is 2. The molecule has 0 bridgehead atoms. The maximum atomic E-state index is 11.5. The summed E-state index contributed by atoms with van der Waals surface area (Å²) in [5.74, 6) is -0.383. The Balaban J connectivity index is 1.77. The Bertz CT molecular complexity index is 874. The topological polar surface area (TPSA) is 54.1 Å². The highest BCUT2D eigenvalue weighted by Crippen LogP contribution is 2.24. The lowest BCUT2D eigenvalue weighted by molar-refractivity contribution is 0.0595. The SMILES string of the molecule is COC(=O)c1cc2cc(NCc3ccc(Cl)c(Cl)c3)ccc2[nH]1. The normalized spacial score (nSPS) is 10.7. The van der Waals surface area contributed by atoms with Crippen molar-refractivity contribution in [2.45, 2.75) is 6.54 Å². The van der Waals surface area contributed by atoms with Gasteiger partial charge < -0.3 is 15.0 Å². The molecular formula is C17H14Cl2N2O2. The third-order valence-corrected chi connectivity index (χ3v) is 4.25. The van der Waals surface area contributed by atoms with Gasteiger partial charge in [-0.2, -0.15) is 0 Å². The average Bonchev–Trinajstić information content (AvgIpc) is 2.98. The average molecular weight is 349 g/mol. The molecule has 118 valence electrons. The maximum absolute atomic E-state index is 11.5. The Kier molecular flexibility index (Phi) is 4.46. The number of esters is 1. The van der Waals surface area contributed by atoms with Gasteiger partial charge in [0.1, 0.15) is 5.69 Å². The molecule has 6 heteroatoms. The standard InChI is InChI=1S/C17H14Cl2N2O2/c1-23-17(22)16-8-11-7-12(3-5-15(11)21-16)20-9-10-2-4-13(18)14(19)6-10/h2-8,20-21H,9H2,1H3. The lowest BCUT2D eigenvalue weighted by Gasteiger charge is -2.07. The molecule has 0 atom stereocenters. The van der Waals surface area contributed by atoms with Gasteiger partial charge in [-0.3, -0.25) is 0 Å². The van der Waals surface area contributed by atoms with Crippen LogP contribution in [0.4, 0.5) is 5.69 Å². The number of halogens is 2. The van der Waals surface area contributed by atoms with Crippen LogP contribution in [0.25, 0.3) is 10.9 Å². The van der Waals surface area contributed by atoms with Crippen molar-refractivity contribution in [3.63, 3.8) is 0 Å². The van der Waals surface area contributed by atoms with Crippen molar-refractivity contribution in [1.29, 1.82) is 0 Å². The van der Waals surface area contributed by atoms with Crippen LogP contribution < -0.4 is 5.32 Å². The molecule has 1 heterocycles. The molecule has 0 fully saturated rings. The highest BCUT2D eigenvalue weighted by Gasteiger charge is 2.09. The number of carbonyl (C=O) groups excluding carboxylic acids is 1. The summed E-state index contributed by atoms with van der Waals surface area (Å²) in [7, 11) is 1.36. The molecule has 2 aromatic carbocycles. The fourth-order valence-corrected chi connectivity index (χ4v) is 2.64. The monoisotopic (exact) mass is 348 g/mol. The van der Waals surface area contributed by atoms with E-state index >= 15 is 0 Å². The Hall–Kier alpha value is -2.17. The number of aromatic amines is 1. The zero-order chi connectivity index (χ0) is 16.4. The van der Waals surface area contributed by atoms with Gasteiger partial charge in [0, 0.05) is 23.1 Å². The number of carbonyl (C=O) groups is 1. The third kappa shape index (κ3) is 3.44. The van der Waals surface area contributed by atoms with E-state index < -0.39 is 0 Å². The molecule has 4 nitrogen and oxygen atoms in total. The zero-order valence-corrected chi connectivity index (χ0v) is 13.8. The molecule has 1 aromatic heterocycles. The van der Waals surface area contributed by atoms with Crippen LogP contribution in [0.3, 0.4) is 0 Å². The van der Waals surface area contributed by atoms with Crippen LogP contribution in [0.15, 0.2) is 42.5 Å². The number of ether oxygens (including phenoxy) is 1. The van der Waals surface area contributed by atoms with E-state index in [0.29, 0.717) is 22.3 Å². The quantitative estimate of drug-likeness (QED) is 0.661. The highest BCUT2D eigenvalue weighted by molar-refractivity contribution is 6.42. The van der Waals surface area contributed by atoms with Crippen molar-refractivity contribution in [3.05, 3.63) is 63.8 Å². The van der Waals surface area contributed by atoms with Crippen LogP contribution >= 0.6 is 23.2 Å². The van der Waals surface area contributed by atoms with Gasteiger partial charge in [0.25, 0.3) is 0 Å². The number of benzene rings is 2. The van der Waals surface area contributed by atoms with Gasteiger partial charge in [-0.1, -0.05) is 29.3 Å². The summed E-state index contributed by atoms with van der Waals surface area (Å²) in [5.41, 5.74) is 3.29. The Morgan fingerprint density at radius 3 is 2.70 bits per heavy atom. The van der Waals surface area contributed by atoms with E-state index in [-0.39, 0.29) is 5.97 Å². The molecular weight excluding hydrogens is 335 g/mol. The van der Waals surface area contributed by atoms with Crippen LogP contribution in [0.2, 0.25) is 10.0 Å². The first-order valence-corrected chi connectivity index (χ1v) is 7.71. The summed E-state index contributed by atoms with van der Waals surface area (Å²) in [6, 6.07) is 13.1. The van der Waals surface area contributed by atoms with Crippen LogP contribution in [0.5, 0.6) is 0 Å². The van der Waals surface area contributed by atoms with Crippen molar-refractivity contribution in [2.24, 2.45) is 0 Å². The molecule has 3 rings (SSSR count). The number of anilines is 1. The Morgan fingerprint density at radius 1 is 1.13 bits per heavy atom. The molecule has 0 amide bonds. The first-order valence-electron chi connectivity index (χ1n) is 6.95. The predicted molar refractivity (Wildman–Crippen MR) is 93.4 cm³/mol. The summed E-state index contributed by atoms with van der Waals surface area (Å²) < 4.78 is 4.71. The molecule has 0 saturated heterocycles. The summed E-state index contributed by atoms with van der Waals surface area (Å²) in [4.78, 5) is 14.6. The molecule has 3 aromatic rings. The van der Waals surface area contributed by atoms with E-state index in [4.69, 9.17) is 27.9 Å². The minimum absolute atomic E-state index is 0.383. The molecule has 0 aliphatic heterocycles. The van der Waals surface area contributed by atoms with Gasteiger partial charge in [0.05, 0.1) is 17.2 Å². The van der Waals surface area contributed by atoms with Crippen molar-refractivity contribution in [3.8, 4) is 0 Å². The fourth-order valence-electron chi connectivity index (χ4n) is 2.32. The van der Waals surface area contributed by atoms with Crippen LogP contribution in [0.1, 0.15) is 16.1 Å². The summed E-state index contributed by atoms with van der Waals surface area (Å²) >= 11 is 11.9. The number of hydrogen-bond acceptors (Lipinski definition) is 3. The first-order chi connectivity index (χ1) is 11.1. The third-order valence-electron chi connectivity index (χ3n) is 3.51. The number of rotatable bonds is 4. The first kappa shape index (κ1) is 15.7. The van der Waals surface area contributed by atoms with E-state index in [1.165, 1.54) is 7.11 Å². The van der Waals surface area contributed by atoms with Crippen molar-refractivity contribution >= 4 is 45.8 Å². The molecule has 0 radical (unpaired) electrons. The van der Waals surface area contributed by atoms with E-state index in [9.17, 15) is 4.79 Å². The van der Waals surface area contributed by atoms with Crippen LogP contribution in [-0.2, 0) is 11.3 Å².